The van der Waals surface area contributed by atoms with E-state index in [1.165, 1.54) is 22.9 Å². The van der Waals surface area contributed by atoms with E-state index in [0.29, 0.717) is 17.1 Å². The molecule has 0 bridgehead atoms. The number of sulfonamides is 1. The Bertz CT molecular complexity index is 1160. The molecule has 1 aromatic heterocycles. The Kier molecular flexibility index (Phi) is 5.90. The minimum Gasteiger partial charge on any atom is -0.322 e. The van der Waals surface area contributed by atoms with E-state index in [-0.39, 0.29) is 23.1 Å². The zero-order valence-electron chi connectivity index (χ0n) is 15.6. The summed E-state index contributed by atoms with van der Waals surface area (Å²) in [6.07, 6.45) is 1.04. The van der Waals surface area contributed by atoms with E-state index in [0.717, 1.165) is 11.8 Å². The molecule has 152 valence electrons. The van der Waals surface area contributed by atoms with Crippen LogP contribution < -0.4 is 10.0 Å². The number of aryl methyl sites for hydroxylation is 1. The summed E-state index contributed by atoms with van der Waals surface area (Å²) in [4.78, 5) is 12.7. The minimum atomic E-state index is -3.44. The van der Waals surface area contributed by atoms with Gasteiger partial charge in [0.05, 0.1) is 29.7 Å². The highest BCUT2D eigenvalue weighted by atomic mass is 35.5. The number of rotatable bonds is 6. The first-order chi connectivity index (χ1) is 13.6. The van der Waals surface area contributed by atoms with Crippen molar-refractivity contribution in [2.24, 2.45) is 0 Å². The lowest BCUT2D eigenvalue weighted by atomic mass is 10.2. The molecule has 3 rings (SSSR count). The SMILES string of the molecule is Cc1nn(Cc2ccc(F)cc2)c(Cl)c1C(=O)Nc1cccc(NS(C)(=O)=O)c1. The summed E-state index contributed by atoms with van der Waals surface area (Å²) in [5.74, 6) is -0.821. The molecule has 2 aromatic carbocycles. The molecule has 0 radical (unpaired) electrons. The third kappa shape index (κ3) is 5.33. The molecule has 0 saturated carbocycles. The number of hydrogen-bond acceptors (Lipinski definition) is 4. The van der Waals surface area contributed by atoms with Crippen LogP contribution in [0.2, 0.25) is 5.15 Å². The van der Waals surface area contributed by atoms with E-state index in [1.807, 2.05) is 0 Å². The molecule has 0 fully saturated rings. The first-order valence-electron chi connectivity index (χ1n) is 8.49. The van der Waals surface area contributed by atoms with Crippen molar-refractivity contribution >= 4 is 38.9 Å². The van der Waals surface area contributed by atoms with Gasteiger partial charge in [0.25, 0.3) is 5.91 Å². The summed E-state index contributed by atoms with van der Waals surface area (Å²) in [7, 11) is -3.44. The third-order valence-electron chi connectivity index (χ3n) is 3.96. The zero-order valence-corrected chi connectivity index (χ0v) is 17.2. The molecule has 0 saturated heterocycles. The minimum absolute atomic E-state index is 0.148. The van der Waals surface area contributed by atoms with Gasteiger partial charge in [-0.05, 0) is 42.8 Å². The highest BCUT2D eigenvalue weighted by Crippen LogP contribution is 2.23. The maximum Gasteiger partial charge on any atom is 0.260 e. The Morgan fingerprint density at radius 1 is 1.17 bits per heavy atom. The van der Waals surface area contributed by atoms with Crippen LogP contribution >= 0.6 is 11.6 Å². The van der Waals surface area contributed by atoms with E-state index in [2.05, 4.69) is 15.1 Å². The molecule has 3 aromatic rings. The predicted octanol–water partition coefficient (Wildman–Crippen LogP) is 3.66. The van der Waals surface area contributed by atoms with E-state index in [1.54, 1.807) is 37.3 Å². The Morgan fingerprint density at radius 2 is 1.83 bits per heavy atom. The molecule has 10 heteroatoms. The van der Waals surface area contributed by atoms with Gasteiger partial charge in [0.2, 0.25) is 10.0 Å². The molecule has 1 heterocycles. The second-order valence-electron chi connectivity index (χ2n) is 6.44. The maximum absolute atomic E-state index is 13.1. The Hall–Kier alpha value is -2.91. The highest BCUT2D eigenvalue weighted by Gasteiger charge is 2.21. The van der Waals surface area contributed by atoms with Crippen molar-refractivity contribution in [3.05, 3.63) is 76.3 Å². The average Bonchev–Trinajstić information content (AvgIpc) is 2.89. The predicted molar refractivity (Wildman–Crippen MR) is 110 cm³/mol. The number of amides is 1. The molecular weight excluding hydrogens is 419 g/mol. The molecule has 0 unspecified atom stereocenters. The largest absolute Gasteiger partial charge is 0.322 e. The highest BCUT2D eigenvalue weighted by molar-refractivity contribution is 7.92. The number of carbonyl (C=O) groups excluding carboxylic acids is 1. The molecule has 0 atom stereocenters. The first-order valence-corrected chi connectivity index (χ1v) is 10.8. The van der Waals surface area contributed by atoms with Crippen LogP contribution in [-0.4, -0.2) is 30.4 Å². The third-order valence-corrected chi connectivity index (χ3v) is 4.95. The van der Waals surface area contributed by atoms with E-state index < -0.39 is 15.9 Å². The van der Waals surface area contributed by atoms with E-state index in [9.17, 15) is 17.6 Å². The fourth-order valence-corrected chi connectivity index (χ4v) is 3.62. The Balaban J connectivity index is 1.80. The Morgan fingerprint density at radius 3 is 2.48 bits per heavy atom. The average molecular weight is 437 g/mol. The second-order valence-corrected chi connectivity index (χ2v) is 8.55. The van der Waals surface area contributed by atoms with Crippen LogP contribution in [0.4, 0.5) is 15.8 Å². The molecule has 0 aliphatic rings. The molecule has 1 amide bonds. The lowest BCUT2D eigenvalue weighted by Gasteiger charge is -2.08. The van der Waals surface area contributed by atoms with Crippen molar-refractivity contribution in [1.82, 2.24) is 9.78 Å². The van der Waals surface area contributed by atoms with Gasteiger partial charge in [-0.2, -0.15) is 5.10 Å². The summed E-state index contributed by atoms with van der Waals surface area (Å²) in [5.41, 5.74) is 2.13. The monoisotopic (exact) mass is 436 g/mol. The second kappa shape index (κ2) is 8.22. The molecule has 0 spiro atoms. The number of nitrogens with one attached hydrogen (secondary N) is 2. The quantitative estimate of drug-likeness (QED) is 0.616. The topological polar surface area (TPSA) is 93.1 Å². The van der Waals surface area contributed by atoms with Gasteiger partial charge in [0.1, 0.15) is 11.0 Å². The van der Waals surface area contributed by atoms with Crippen molar-refractivity contribution in [2.75, 3.05) is 16.3 Å². The number of halogens is 2. The van der Waals surface area contributed by atoms with Crippen LogP contribution in [0, 0.1) is 12.7 Å². The lowest BCUT2D eigenvalue weighted by Crippen LogP contribution is -2.14. The Labute approximate surface area is 172 Å². The van der Waals surface area contributed by atoms with Gasteiger partial charge in [-0.3, -0.25) is 9.52 Å². The fraction of sp³-hybridized carbons (Fsp3) is 0.158. The van der Waals surface area contributed by atoms with Gasteiger partial charge >= 0.3 is 0 Å². The van der Waals surface area contributed by atoms with Crippen molar-refractivity contribution in [2.45, 2.75) is 13.5 Å². The number of anilines is 2. The summed E-state index contributed by atoms with van der Waals surface area (Å²) >= 11 is 6.36. The van der Waals surface area contributed by atoms with Crippen LogP contribution in [-0.2, 0) is 16.6 Å². The summed E-state index contributed by atoms with van der Waals surface area (Å²) in [6.45, 7) is 1.94. The number of carbonyl (C=O) groups is 1. The van der Waals surface area contributed by atoms with Gasteiger partial charge < -0.3 is 5.32 Å². The van der Waals surface area contributed by atoms with Crippen LogP contribution in [0.15, 0.2) is 48.5 Å². The van der Waals surface area contributed by atoms with E-state index in [4.69, 9.17) is 11.6 Å². The van der Waals surface area contributed by atoms with Gasteiger partial charge in [-0.1, -0.05) is 29.8 Å². The van der Waals surface area contributed by atoms with Gasteiger partial charge in [-0.15, -0.1) is 0 Å². The van der Waals surface area contributed by atoms with Crippen LogP contribution in [0.1, 0.15) is 21.6 Å². The molecule has 7 nitrogen and oxygen atoms in total. The molecule has 2 N–H and O–H groups in total. The maximum atomic E-state index is 13.1. The normalized spacial score (nSPS) is 11.3. The smallest absolute Gasteiger partial charge is 0.260 e. The lowest BCUT2D eigenvalue weighted by molar-refractivity contribution is 0.102. The van der Waals surface area contributed by atoms with Crippen LogP contribution in [0.25, 0.3) is 0 Å². The van der Waals surface area contributed by atoms with Crippen molar-refractivity contribution in [3.63, 3.8) is 0 Å². The van der Waals surface area contributed by atoms with Crippen molar-refractivity contribution in [3.8, 4) is 0 Å². The fourth-order valence-electron chi connectivity index (χ4n) is 2.75. The first kappa shape index (κ1) is 20.8. The molecule has 0 aliphatic carbocycles. The number of nitrogens with zero attached hydrogens (tertiary/aromatic N) is 2. The van der Waals surface area contributed by atoms with Crippen molar-refractivity contribution in [1.29, 1.82) is 0 Å². The summed E-state index contributed by atoms with van der Waals surface area (Å²) in [5, 5.41) is 7.13. The van der Waals surface area contributed by atoms with Gasteiger partial charge in [-0.25, -0.2) is 17.5 Å². The molecule has 0 aliphatic heterocycles. The number of benzene rings is 2. The number of hydrogen-bond donors (Lipinski definition) is 2. The summed E-state index contributed by atoms with van der Waals surface area (Å²) in [6, 6.07) is 12.2. The van der Waals surface area contributed by atoms with Crippen LogP contribution in [0.5, 0.6) is 0 Å². The van der Waals surface area contributed by atoms with E-state index >= 15 is 0 Å². The van der Waals surface area contributed by atoms with Crippen molar-refractivity contribution < 1.29 is 17.6 Å². The zero-order chi connectivity index (χ0) is 21.2. The molecule has 29 heavy (non-hydrogen) atoms. The van der Waals surface area contributed by atoms with Gasteiger partial charge in [0.15, 0.2) is 0 Å². The standard InChI is InChI=1S/C19H18ClFN4O3S/c1-12-17(18(20)25(23-12)11-13-6-8-14(21)9-7-13)19(26)22-15-4-3-5-16(10-15)24-29(2,27)28/h3-10,24H,11H2,1-2H3,(H,22,26). The number of aromatic nitrogens is 2. The van der Waals surface area contributed by atoms with Crippen LogP contribution in [0.3, 0.4) is 0 Å². The van der Waals surface area contributed by atoms with Gasteiger partial charge in [0, 0.05) is 5.69 Å². The summed E-state index contributed by atoms with van der Waals surface area (Å²) < 4.78 is 39.6. The molecular formula is C19H18ClFN4O3S.